The van der Waals surface area contributed by atoms with E-state index in [0.29, 0.717) is 5.69 Å². The monoisotopic (exact) mass is 454 g/mol. The number of amides is 1. The molecule has 0 radical (unpaired) electrons. The SMILES string of the molecule is Cc1c(C(=O)NS(=O)(=O)c2ccccc2S(=O)(=O)N(C)C2CCCCC2)cnn1C. The zero-order chi connectivity index (χ0) is 22.1. The van der Waals surface area contributed by atoms with Crippen molar-refractivity contribution in [1.29, 1.82) is 0 Å². The van der Waals surface area contributed by atoms with Crippen molar-refractivity contribution in [3.05, 3.63) is 41.7 Å². The number of hydrogen-bond donors (Lipinski definition) is 1. The van der Waals surface area contributed by atoms with Crippen LogP contribution in [-0.4, -0.2) is 49.9 Å². The van der Waals surface area contributed by atoms with Crippen molar-refractivity contribution in [3.8, 4) is 0 Å². The Labute approximate surface area is 177 Å². The standard InChI is InChI=1S/C19H26N4O5S2/c1-14-16(13-20-22(14)2)19(24)21-29(25,26)17-11-7-8-12-18(17)30(27,28)23(3)15-9-5-4-6-10-15/h7-8,11-13,15H,4-6,9-10H2,1-3H3,(H,21,24). The van der Waals surface area contributed by atoms with Gasteiger partial charge in [-0.1, -0.05) is 31.4 Å². The normalized spacial score (nSPS) is 16.0. The van der Waals surface area contributed by atoms with Crippen molar-refractivity contribution < 1.29 is 21.6 Å². The highest BCUT2D eigenvalue weighted by Crippen LogP contribution is 2.29. The number of sulfonamides is 2. The Balaban J connectivity index is 1.95. The van der Waals surface area contributed by atoms with Crippen LogP contribution in [0.2, 0.25) is 0 Å². The minimum Gasteiger partial charge on any atom is -0.272 e. The average molecular weight is 455 g/mol. The number of aromatic nitrogens is 2. The Morgan fingerprint density at radius 2 is 1.70 bits per heavy atom. The van der Waals surface area contributed by atoms with E-state index in [1.165, 1.54) is 46.5 Å². The maximum atomic E-state index is 13.2. The van der Waals surface area contributed by atoms with Crippen LogP contribution in [0.3, 0.4) is 0 Å². The molecule has 30 heavy (non-hydrogen) atoms. The molecule has 1 fully saturated rings. The summed E-state index contributed by atoms with van der Waals surface area (Å²) in [7, 11) is -5.40. The second-order valence-corrected chi connectivity index (χ2v) is 11.1. The van der Waals surface area contributed by atoms with Gasteiger partial charge in [0.2, 0.25) is 10.0 Å². The van der Waals surface area contributed by atoms with Gasteiger partial charge in [-0.2, -0.15) is 9.40 Å². The molecule has 3 rings (SSSR count). The summed E-state index contributed by atoms with van der Waals surface area (Å²) >= 11 is 0. The minimum atomic E-state index is -4.44. The molecule has 1 heterocycles. The van der Waals surface area contributed by atoms with E-state index in [0.717, 1.165) is 32.1 Å². The highest BCUT2D eigenvalue weighted by Gasteiger charge is 2.34. The molecular weight excluding hydrogens is 428 g/mol. The van der Waals surface area contributed by atoms with E-state index in [-0.39, 0.29) is 16.5 Å². The van der Waals surface area contributed by atoms with Gasteiger partial charge in [-0.05, 0) is 31.9 Å². The Morgan fingerprint density at radius 3 is 2.27 bits per heavy atom. The molecule has 0 spiro atoms. The van der Waals surface area contributed by atoms with Crippen molar-refractivity contribution >= 4 is 26.0 Å². The third kappa shape index (κ3) is 4.28. The molecule has 1 aliphatic carbocycles. The van der Waals surface area contributed by atoms with Gasteiger partial charge in [0, 0.05) is 25.8 Å². The van der Waals surface area contributed by atoms with Gasteiger partial charge in [-0.3, -0.25) is 9.48 Å². The Bertz CT molecular complexity index is 1150. The van der Waals surface area contributed by atoms with E-state index in [1.807, 2.05) is 4.72 Å². The molecule has 0 unspecified atom stereocenters. The first-order chi connectivity index (χ1) is 14.1. The molecule has 1 N–H and O–H groups in total. The van der Waals surface area contributed by atoms with Crippen LogP contribution in [0.15, 0.2) is 40.3 Å². The lowest BCUT2D eigenvalue weighted by Crippen LogP contribution is -2.39. The first-order valence-electron chi connectivity index (χ1n) is 9.68. The summed E-state index contributed by atoms with van der Waals surface area (Å²) in [6.07, 6.45) is 5.67. The van der Waals surface area contributed by atoms with Gasteiger partial charge in [-0.25, -0.2) is 21.6 Å². The predicted octanol–water partition coefficient (Wildman–Crippen LogP) is 1.80. The second-order valence-electron chi connectivity index (χ2n) is 7.46. The topological polar surface area (TPSA) is 118 Å². The summed E-state index contributed by atoms with van der Waals surface area (Å²) in [4.78, 5) is 11.7. The molecule has 0 saturated heterocycles. The maximum Gasteiger partial charge on any atom is 0.268 e. The van der Waals surface area contributed by atoms with Crippen molar-refractivity contribution in [2.24, 2.45) is 7.05 Å². The zero-order valence-corrected chi connectivity index (χ0v) is 18.8. The quantitative estimate of drug-likeness (QED) is 0.711. The van der Waals surface area contributed by atoms with Gasteiger partial charge < -0.3 is 0 Å². The van der Waals surface area contributed by atoms with Crippen molar-refractivity contribution in [3.63, 3.8) is 0 Å². The molecule has 0 aliphatic heterocycles. The summed E-state index contributed by atoms with van der Waals surface area (Å²) < 4.78 is 57.1. The molecule has 1 saturated carbocycles. The van der Waals surface area contributed by atoms with Crippen molar-refractivity contribution in [2.45, 2.75) is 54.9 Å². The molecule has 164 valence electrons. The smallest absolute Gasteiger partial charge is 0.268 e. The zero-order valence-electron chi connectivity index (χ0n) is 17.2. The van der Waals surface area contributed by atoms with E-state index >= 15 is 0 Å². The Kier molecular flexibility index (Phi) is 6.34. The minimum absolute atomic E-state index is 0.0979. The lowest BCUT2D eigenvalue weighted by Gasteiger charge is -2.30. The van der Waals surface area contributed by atoms with Gasteiger partial charge in [0.25, 0.3) is 15.9 Å². The lowest BCUT2D eigenvalue weighted by molar-refractivity contribution is 0.0980. The first kappa shape index (κ1) is 22.4. The summed E-state index contributed by atoms with van der Waals surface area (Å²) in [5, 5.41) is 3.93. The van der Waals surface area contributed by atoms with Crippen LogP contribution >= 0.6 is 0 Å². The van der Waals surface area contributed by atoms with Gasteiger partial charge in [-0.15, -0.1) is 0 Å². The van der Waals surface area contributed by atoms with Gasteiger partial charge in [0.15, 0.2) is 0 Å². The number of carbonyl (C=O) groups is 1. The van der Waals surface area contributed by atoms with Crippen molar-refractivity contribution in [1.82, 2.24) is 18.8 Å². The van der Waals surface area contributed by atoms with Gasteiger partial charge >= 0.3 is 0 Å². The largest absolute Gasteiger partial charge is 0.272 e. The Hall–Kier alpha value is -2.24. The van der Waals surface area contributed by atoms with E-state index in [9.17, 15) is 21.6 Å². The third-order valence-corrected chi connectivity index (χ3v) is 9.08. The predicted molar refractivity (Wildman–Crippen MR) is 111 cm³/mol. The van der Waals surface area contributed by atoms with E-state index < -0.39 is 30.8 Å². The molecule has 1 aromatic carbocycles. The van der Waals surface area contributed by atoms with Crippen LogP contribution in [0.5, 0.6) is 0 Å². The van der Waals surface area contributed by atoms with E-state index in [2.05, 4.69) is 5.10 Å². The van der Waals surface area contributed by atoms with E-state index in [4.69, 9.17) is 0 Å². The molecule has 0 bridgehead atoms. The average Bonchev–Trinajstić information content (AvgIpc) is 3.06. The number of rotatable bonds is 6. The highest BCUT2D eigenvalue weighted by molar-refractivity contribution is 7.92. The molecule has 1 aromatic heterocycles. The molecular formula is C19H26N4O5S2. The number of aryl methyl sites for hydroxylation is 1. The summed E-state index contributed by atoms with van der Waals surface area (Å²) in [5.74, 6) is -0.867. The fourth-order valence-corrected chi connectivity index (χ4v) is 6.82. The molecule has 1 aliphatic rings. The molecule has 9 nitrogen and oxygen atoms in total. The van der Waals surface area contributed by atoms with Crippen molar-refractivity contribution in [2.75, 3.05) is 7.05 Å². The Morgan fingerprint density at radius 1 is 1.10 bits per heavy atom. The number of hydrogen-bond acceptors (Lipinski definition) is 6. The number of nitrogens with one attached hydrogen (secondary N) is 1. The molecule has 2 aromatic rings. The molecule has 11 heteroatoms. The fourth-order valence-electron chi connectivity index (χ4n) is 3.63. The molecule has 1 amide bonds. The lowest BCUT2D eigenvalue weighted by atomic mass is 9.96. The number of carbonyl (C=O) groups excluding carboxylic acids is 1. The first-order valence-corrected chi connectivity index (χ1v) is 12.6. The summed E-state index contributed by atoms with van der Waals surface area (Å²) in [6, 6.07) is 5.16. The van der Waals surface area contributed by atoms with Crippen LogP contribution in [0.4, 0.5) is 0 Å². The van der Waals surface area contributed by atoms with Crippen LogP contribution in [0.1, 0.15) is 48.2 Å². The number of nitrogens with zero attached hydrogens (tertiary/aromatic N) is 3. The summed E-state index contributed by atoms with van der Waals surface area (Å²) in [6.45, 7) is 1.63. The van der Waals surface area contributed by atoms with E-state index in [1.54, 1.807) is 14.0 Å². The van der Waals surface area contributed by atoms with Crippen LogP contribution in [-0.2, 0) is 27.1 Å². The maximum absolute atomic E-state index is 13.2. The summed E-state index contributed by atoms with van der Waals surface area (Å²) in [5.41, 5.74) is 0.585. The fraction of sp³-hybridized carbons (Fsp3) is 0.474. The van der Waals surface area contributed by atoms with Crippen LogP contribution in [0, 0.1) is 6.92 Å². The highest BCUT2D eigenvalue weighted by atomic mass is 32.2. The van der Waals surface area contributed by atoms with Gasteiger partial charge in [0.05, 0.1) is 11.8 Å². The van der Waals surface area contributed by atoms with Crippen LogP contribution < -0.4 is 4.72 Å². The van der Waals surface area contributed by atoms with Gasteiger partial charge in [0.1, 0.15) is 9.79 Å². The number of benzene rings is 1. The van der Waals surface area contributed by atoms with Crippen LogP contribution in [0.25, 0.3) is 0 Å². The molecule has 0 atom stereocenters. The second kappa shape index (κ2) is 8.48. The third-order valence-electron chi connectivity index (χ3n) is 5.59.